The Balaban J connectivity index is 2.02. The zero-order chi connectivity index (χ0) is 24.2. The predicted molar refractivity (Wildman–Crippen MR) is 116 cm³/mol. The highest BCUT2D eigenvalue weighted by molar-refractivity contribution is 7.21. The summed E-state index contributed by atoms with van der Waals surface area (Å²) < 4.78 is 43.6. The fourth-order valence-corrected chi connectivity index (χ4v) is 4.57. The summed E-state index contributed by atoms with van der Waals surface area (Å²) in [5.41, 5.74) is 5.14. The van der Waals surface area contributed by atoms with Gasteiger partial charge >= 0.3 is 6.18 Å². The molecule has 2 amide bonds. The van der Waals surface area contributed by atoms with Crippen molar-refractivity contribution in [3.8, 4) is 11.1 Å². The number of hydrogen-bond acceptors (Lipinski definition) is 6. The van der Waals surface area contributed by atoms with Gasteiger partial charge in [0.05, 0.1) is 16.9 Å². The van der Waals surface area contributed by atoms with Gasteiger partial charge in [-0.3, -0.25) is 19.0 Å². The summed E-state index contributed by atoms with van der Waals surface area (Å²) in [6.07, 6.45) is -1.95. The minimum Gasteiger partial charge on any atom is -0.365 e. The summed E-state index contributed by atoms with van der Waals surface area (Å²) in [5.74, 6) is -1.71. The molecule has 0 aliphatic rings. The van der Waals surface area contributed by atoms with Crippen molar-refractivity contribution in [2.24, 2.45) is 19.8 Å². The lowest BCUT2D eigenvalue weighted by atomic mass is 10.0. The van der Waals surface area contributed by atoms with E-state index in [0.717, 1.165) is 6.07 Å². The Morgan fingerprint density at radius 3 is 2.45 bits per heavy atom. The topological polar surface area (TPSA) is 121 Å². The molecule has 9 nitrogen and oxygen atoms in total. The van der Waals surface area contributed by atoms with E-state index in [4.69, 9.17) is 17.3 Å². The second-order valence-electron chi connectivity index (χ2n) is 7.12. The molecule has 33 heavy (non-hydrogen) atoms. The van der Waals surface area contributed by atoms with Gasteiger partial charge in [-0.05, 0) is 18.6 Å². The van der Waals surface area contributed by atoms with Crippen LogP contribution >= 0.6 is 22.9 Å². The van der Waals surface area contributed by atoms with Gasteiger partial charge in [0.15, 0.2) is 5.69 Å². The van der Waals surface area contributed by atoms with Gasteiger partial charge < -0.3 is 11.1 Å². The average molecular weight is 498 g/mol. The van der Waals surface area contributed by atoms with E-state index in [1.807, 2.05) is 0 Å². The Labute approximate surface area is 193 Å². The maximum Gasteiger partial charge on any atom is 0.433 e. The molecule has 4 aromatic rings. The van der Waals surface area contributed by atoms with E-state index in [2.05, 4.69) is 20.5 Å². The van der Waals surface area contributed by atoms with E-state index in [1.165, 1.54) is 21.8 Å². The van der Waals surface area contributed by atoms with Crippen LogP contribution in [0.15, 0.2) is 18.5 Å². The van der Waals surface area contributed by atoms with Gasteiger partial charge in [0, 0.05) is 36.9 Å². The first-order valence-corrected chi connectivity index (χ1v) is 10.4. The minimum absolute atomic E-state index is 0.0518. The van der Waals surface area contributed by atoms with Crippen LogP contribution in [0, 0.1) is 6.92 Å². The zero-order valence-electron chi connectivity index (χ0n) is 17.3. The lowest BCUT2D eigenvalue weighted by molar-refractivity contribution is -0.140. The predicted octanol–water partition coefficient (Wildman–Crippen LogP) is 3.76. The lowest BCUT2D eigenvalue weighted by Gasteiger charge is -2.12. The molecule has 0 fully saturated rings. The molecule has 4 heterocycles. The standard InChI is InChI=1S/C19H15ClF3N7O2S/c1-7-9(5-25-30(7)3)8-4-11(19(21,22)23)26-18-12(8)14(15(33-18)16(24)31)27-17(32)13-10(20)6-29(2)28-13/h4-6H,1-3H3,(H2,24,31)(H,27,32). The second-order valence-corrected chi connectivity index (χ2v) is 8.53. The smallest absolute Gasteiger partial charge is 0.365 e. The van der Waals surface area contributed by atoms with E-state index < -0.39 is 23.7 Å². The Kier molecular flexibility index (Phi) is 5.41. The molecule has 172 valence electrons. The molecule has 0 unspecified atom stereocenters. The monoisotopic (exact) mass is 497 g/mol. The van der Waals surface area contributed by atoms with Crippen LogP contribution in [0.3, 0.4) is 0 Å². The van der Waals surface area contributed by atoms with E-state index in [0.29, 0.717) is 22.6 Å². The minimum atomic E-state index is -4.75. The molecule has 0 aliphatic heterocycles. The molecule has 4 rings (SSSR count). The molecular formula is C19H15ClF3N7O2S. The third-order valence-electron chi connectivity index (χ3n) is 4.94. The van der Waals surface area contributed by atoms with Gasteiger partial charge in [-0.15, -0.1) is 11.3 Å². The molecule has 0 saturated carbocycles. The molecule has 0 atom stereocenters. The summed E-state index contributed by atoms with van der Waals surface area (Å²) in [7, 11) is 3.19. The normalized spacial score (nSPS) is 11.8. The maximum atomic E-state index is 13.6. The highest BCUT2D eigenvalue weighted by Gasteiger charge is 2.35. The zero-order valence-corrected chi connectivity index (χ0v) is 18.9. The van der Waals surface area contributed by atoms with Crippen LogP contribution < -0.4 is 11.1 Å². The third-order valence-corrected chi connectivity index (χ3v) is 6.31. The van der Waals surface area contributed by atoms with E-state index >= 15 is 0 Å². The summed E-state index contributed by atoms with van der Waals surface area (Å²) >= 11 is 6.68. The van der Waals surface area contributed by atoms with Crippen molar-refractivity contribution in [3.05, 3.63) is 45.4 Å². The average Bonchev–Trinajstić information content (AvgIpc) is 3.36. The number of alkyl halides is 3. The van der Waals surface area contributed by atoms with Crippen molar-refractivity contribution in [1.82, 2.24) is 24.5 Å². The van der Waals surface area contributed by atoms with Crippen molar-refractivity contribution in [3.63, 3.8) is 0 Å². The van der Waals surface area contributed by atoms with Crippen LogP contribution in [0.25, 0.3) is 21.3 Å². The number of nitrogens with one attached hydrogen (secondary N) is 1. The van der Waals surface area contributed by atoms with Gasteiger partial charge in [0.2, 0.25) is 0 Å². The SMILES string of the molecule is Cc1c(-c2cc(C(F)(F)F)nc3sc(C(N)=O)c(NC(=O)c4nn(C)cc4Cl)c23)cnn1C. The molecule has 0 spiro atoms. The number of aromatic nitrogens is 5. The van der Waals surface area contributed by atoms with E-state index in [9.17, 15) is 22.8 Å². The van der Waals surface area contributed by atoms with Gasteiger partial charge in [0.25, 0.3) is 11.8 Å². The van der Waals surface area contributed by atoms with Crippen LogP contribution in [-0.2, 0) is 20.3 Å². The fraction of sp³-hybridized carbons (Fsp3) is 0.211. The van der Waals surface area contributed by atoms with Gasteiger partial charge in [-0.2, -0.15) is 23.4 Å². The Bertz CT molecular complexity index is 1440. The van der Waals surface area contributed by atoms with Gasteiger partial charge in [0.1, 0.15) is 15.4 Å². The summed E-state index contributed by atoms with van der Waals surface area (Å²) in [4.78, 5) is 28.4. The number of thiophene rings is 1. The number of halogens is 4. The Morgan fingerprint density at radius 2 is 1.94 bits per heavy atom. The number of pyridine rings is 1. The maximum absolute atomic E-state index is 13.6. The number of carbonyl (C=O) groups excluding carboxylic acids is 2. The number of rotatable bonds is 4. The number of nitrogens with two attached hydrogens (primary N) is 1. The number of carbonyl (C=O) groups is 2. The van der Waals surface area contributed by atoms with Crippen molar-refractivity contribution in [2.45, 2.75) is 13.1 Å². The number of primary amides is 1. The van der Waals surface area contributed by atoms with E-state index in [-0.39, 0.29) is 37.1 Å². The van der Waals surface area contributed by atoms with Crippen LogP contribution in [-0.4, -0.2) is 36.4 Å². The second kappa shape index (κ2) is 7.85. The van der Waals surface area contributed by atoms with Crippen molar-refractivity contribution < 1.29 is 22.8 Å². The van der Waals surface area contributed by atoms with Crippen LogP contribution in [0.2, 0.25) is 5.02 Å². The molecule has 3 N–H and O–H groups in total. The highest BCUT2D eigenvalue weighted by atomic mass is 35.5. The van der Waals surface area contributed by atoms with Gasteiger partial charge in [-0.1, -0.05) is 11.6 Å². The van der Waals surface area contributed by atoms with E-state index in [1.54, 1.807) is 21.0 Å². The molecule has 4 aromatic heterocycles. The Morgan fingerprint density at radius 1 is 1.24 bits per heavy atom. The summed E-state index contributed by atoms with van der Waals surface area (Å²) in [5, 5.41) is 10.8. The number of fused-ring (bicyclic) bond motifs is 1. The van der Waals surface area contributed by atoms with Crippen LogP contribution in [0.1, 0.15) is 31.5 Å². The molecule has 0 aromatic carbocycles. The summed E-state index contributed by atoms with van der Waals surface area (Å²) in [6, 6.07) is 0.854. The quantitative estimate of drug-likeness (QED) is 0.444. The largest absolute Gasteiger partial charge is 0.433 e. The molecule has 0 aliphatic carbocycles. The van der Waals surface area contributed by atoms with Crippen molar-refractivity contribution in [1.29, 1.82) is 0 Å². The first kappa shape index (κ1) is 22.7. The van der Waals surface area contributed by atoms with Crippen LogP contribution in [0.4, 0.5) is 18.9 Å². The Hall–Kier alpha value is -3.45. The number of amides is 2. The van der Waals surface area contributed by atoms with Crippen molar-refractivity contribution in [2.75, 3.05) is 5.32 Å². The molecular weight excluding hydrogens is 483 g/mol. The highest BCUT2D eigenvalue weighted by Crippen LogP contribution is 2.44. The lowest BCUT2D eigenvalue weighted by Crippen LogP contribution is -2.17. The molecule has 0 radical (unpaired) electrons. The van der Waals surface area contributed by atoms with Gasteiger partial charge in [-0.25, -0.2) is 4.98 Å². The number of nitrogens with zero attached hydrogens (tertiary/aromatic N) is 5. The van der Waals surface area contributed by atoms with Crippen molar-refractivity contribution >= 4 is 50.7 Å². The molecule has 14 heteroatoms. The first-order chi connectivity index (χ1) is 15.4. The van der Waals surface area contributed by atoms with Crippen LogP contribution in [0.5, 0.6) is 0 Å². The number of anilines is 1. The summed E-state index contributed by atoms with van der Waals surface area (Å²) in [6.45, 7) is 1.68. The molecule has 0 bridgehead atoms. The molecule has 0 saturated heterocycles. The number of aryl methyl sites for hydroxylation is 2. The first-order valence-electron chi connectivity index (χ1n) is 9.22. The third kappa shape index (κ3) is 3.93. The number of hydrogen-bond donors (Lipinski definition) is 2. The fourth-order valence-electron chi connectivity index (χ4n) is 3.30.